The third-order valence-corrected chi connectivity index (χ3v) is 6.50. The maximum atomic E-state index is 13.5. The molecule has 3 aromatic carbocycles. The number of carbonyl (C=O) groups excluding carboxylic acids is 2. The van der Waals surface area contributed by atoms with E-state index in [4.69, 9.17) is 9.15 Å². The molecule has 0 aliphatic carbocycles. The van der Waals surface area contributed by atoms with Crippen molar-refractivity contribution in [3.8, 4) is 11.6 Å². The Morgan fingerprint density at radius 3 is 2.70 bits per heavy atom. The van der Waals surface area contributed by atoms with E-state index in [1.54, 1.807) is 43.3 Å². The number of hydrogen-bond donors (Lipinski definition) is 1. The molecule has 9 nitrogen and oxygen atoms in total. The number of aryl methyl sites for hydroxylation is 1. The number of esters is 1. The van der Waals surface area contributed by atoms with Crippen molar-refractivity contribution in [3.05, 3.63) is 94.5 Å². The number of benzene rings is 3. The van der Waals surface area contributed by atoms with Crippen molar-refractivity contribution in [1.29, 1.82) is 0 Å². The molecule has 0 spiro atoms. The standard InChI is InChI=1S/C28H20F3N5O4/c1-2-5-15-10-11-18(14-21(15)28(29,30)31)32-25(37)17-9-8-16-12-23(39-22(16)13-17)24-33-35-36(34-24)26-19-6-3-4-7-20(19)27(38)40-26/h3-4,6-14,26H,2,5H2,1H3,(H,32,37). The Hall–Kier alpha value is -5.00. The largest absolute Gasteiger partial charge is 0.453 e. The Morgan fingerprint density at radius 1 is 1.07 bits per heavy atom. The van der Waals surface area contributed by atoms with E-state index in [1.165, 1.54) is 29.1 Å². The van der Waals surface area contributed by atoms with Gasteiger partial charge in [-0.15, -0.1) is 15.0 Å². The van der Waals surface area contributed by atoms with Crippen molar-refractivity contribution in [2.45, 2.75) is 32.2 Å². The molecule has 40 heavy (non-hydrogen) atoms. The summed E-state index contributed by atoms with van der Waals surface area (Å²) in [7, 11) is 0. The van der Waals surface area contributed by atoms with Crippen LogP contribution in [0.15, 0.2) is 71.1 Å². The van der Waals surface area contributed by atoms with Gasteiger partial charge in [-0.3, -0.25) is 4.79 Å². The molecule has 5 aromatic rings. The molecule has 202 valence electrons. The number of amides is 1. The fraction of sp³-hybridized carbons (Fsp3) is 0.179. The van der Waals surface area contributed by atoms with E-state index in [1.807, 2.05) is 0 Å². The van der Waals surface area contributed by atoms with Crippen LogP contribution in [0.25, 0.3) is 22.6 Å². The van der Waals surface area contributed by atoms with E-state index >= 15 is 0 Å². The number of rotatable bonds is 6. The van der Waals surface area contributed by atoms with E-state index < -0.39 is 29.8 Å². The molecular weight excluding hydrogens is 527 g/mol. The number of nitrogens with one attached hydrogen (secondary N) is 1. The molecule has 2 aromatic heterocycles. The van der Waals surface area contributed by atoms with Crippen LogP contribution >= 0.6 is 0 Å². The lowest BCUT2D eigenvalue weighted by molar-refractivity contribution is -0.138. The minimum atomic E-state index is -4.53. The van der Waals surface area contributed by atoms with Crippen LogP contribution in [0.3, 0.4) is 0 Å². The summed E-state index contributed by atoms with van der Waals surface area (Å²) in [5.74, 6) is -0.685. The molecular formula is C28H20F3N5O4. The Morgan fingerprint density at radius 2 is 1.90 bits per heavy atom. The van der Waals surface area contributed by atoms with Crippen LogP contribution in [-0.4, -0.2) is 32.1 Å². The average molecular weight is 547 g/mol. The minimum Gasteiger partial charge on any atom is -0.453 e. The number of tetrazole rings is 1. The van der Waals surface area contributed by atoms with E-state index in [0.29, 0.717) is 28.5 Å². The van der Waals surface area contributed by atoms with Gasteiger partial charge in [0.25, 0.3) is 5.91 Å². The fourth-order valence-electron chi connectivity index (χ4n) is 4.61. The zero-order chi connectivity index (χ0) is 28.0. The molecule has 0 bridgehead atoms. The Bertz CT molecular complexity index is 1780. The highest BCUT2D eigenvalue weighted by atomic mass is 19.4. The number of hydrogen-bond acceptors (Lipinski definition) is 7. The number of alkyl halides is 3. The number of halogens is 3. The van der Waals surface area contributed by atoms with Gasteiger partial charge in [0, 0.05) is 22.2 Å². The maximum absolute atomic E-state index is 13.5. The zero-order valence-electron chi connectivity index (χ0n) is 20.9. The molecule has 6 rings (SSSR count). The summed E-state index contributed by atoms with van der Waals surface area (Å²) in [5.41, 5.74) is 1.00. The average Bonchev–Trinajstić information content (AvgIpc) is 3.66. The maximum Gasteiger partial charge on any atom is 0.416 e. The summed E-state index contributed by atoms with van der Waals surface area (Å²) in [6, 6.07) is 17.0. The van der Waals surface area contributed by atoms with Gasteiger partial charge in [-0.25, -0.2) is 4.79 Å². The summed E-state index contributed by atoms with van der Waals surface area (Å²) in [6.45, 7) is 1.80. The summed E-state index contributed by atoms with van der Waals surface area (Å²) >= 11 is 0. The second-order valence-corrected chi connectivity index (χ2v) is 9.22. The monoisotopic (exact) mass is 547 g/mol. The van der Waals surface area contributed by atoms with Gasteiger partial charge in [0.15, 0.2) is 5.76 Å². The lowest BCUT2D eigenvalue weighted by atomic mass is 10.0. The molecule has 1 unspecified atom stereocenters. The van der Waals surface area contributed by atoms with Crippen LogP contribution in [0.4, 0.5) is 18.9 Å². The van der Waals surface area contributed by atoms with E-state index in [2.05, 4.69) is 20.7 Å². The molecule has 1 amide bonds. The second kappa shape index (κ2) is 9.63. The second-order valence-electron chi connectivity index (χ2n) is 9.22. The zero-order valence-corrected chi connectivity index (χ0v) is 20.9. The van der Waals surface area contributed by atoms with Crippen LogP contribution in [0, 0.1) is 0 Å². The molecule has 1 atom stereocenters. The Labute approximate surface area is 224 Å². The van der Waals surface area contributed by atoms with Crippen molar-refractivity contribution in [2.75, 3.05) is 5.32 Å². The first-order valence-electron chi connectivity index (χ1n) is 12.4. The van der Waals surface area contributed by atoms with E-state index in [9.17, 15) is 22.8 Å². The van der Waals surface area contributed by atoms with Crippen molar-refractivity contribution in [3.63, 3.8) is 0 Å². The summed E-state index contributed by atoms with van der Waals surface area (Å²) in [5, 5.41) is 15.5. The number of carbonyl (C=O) groups is 2. The minimum absolute atomic E-state index is 0.0346. The van der Waals surface area contributed by atoms with Crippen molar-refractivity contribution in [1.82, 2.24) is 20.2 Å². The summed E-state index contributed by atoms with van der Waals surface area (Å²) < 4.78 is 51.8. The normalized spacial score (nSPS) is 14.8. The van der Waals surface area contributed by atoms with Gasteiger partial charge in [-0.1, -0.05) is 43.7 Å². The Balaban J connectivity index is 1.23. The molecule has 12 heteroatoms. The number of nitrogens with zero attached hydrogens (tertiary/aromatic N) is 4. The Kier molecular flexibility index (Phi) is 6.09. The lowest BCUT2D eigenvalue weighted by Crippen LogP contribution is -2.14. The highest BCUT2D eigenvalue weighted by molar-refractivity contribution is 6.06. The van der Waals surface area contributed by atoms with E-state index in [0.717, 1.165) is 6.07 Å². The van der Waals surface area contributed by atoms with E-state index in [-0.39, 0.29) is 34.8 Å². The van der Waals surface area contributed by atoms with Crippen LogP contribution in [0.1, 0.15) is 57.0 Å². The first kappa shape index (κ1) is 25.3. The SMILES string of the molecule is CCCc1ccc(NC(=O)c2ccc3cc(-c4nnn(C5OC(=O)c6ccccc65)n4)oc3c2)cc1C(F)(F)F. The number of furan rings is 1. The summed E-state index contributed by atoms with van der Waals surface area (Å²) in [6.07, 6.45) is -4.55. The predicted octanol–water partition coefficient (Wildman–Crippen LogP) is 6.03. The van der Waals surface area contributed by atoms with Crippen molar-refractivity contribution in [2.24, 2.45) is 0 Å². The van der Waals surface area contributed by atoms with Gasteiger partial charge in [-0.05, 0) is 53.6 Å². The first-order chi connectivity index (χ1) is 19.2. The predicted molar refractivity (Wildman–Crippen MR) is 136 cm³/mol. The topological polar surface area (TPSA) is 112 Å². The smallest absolute Gasteiger partial charge is 0.416 e. The summed E-state index contributed by atoms with van der Waals surface area (Å²) in [4.78, 5) is 26.2. The van der Waals surface area contributed by atoms with Crippen molar-refractivity contribution < 1.29 is 31.9 Å². The molecule has 0 saturated heterocycles. The van der Waals surface area contributed by atoms with Gasteiger partial charge in [0.1, 0.15) is 5.58 Å². The third-order valence-electron chi connectivity index (χ3n) is 6.50. The number of ether oxygens (including phenoxy) is 1. The van der Waals surface area contributed by atoms with Crippen LogP contribution in [0.5, 0.6) is 0 Å². The van der Waals surface area contributed by atoms with Crippen LogP contribution < -0.4 is 5.32 Å². The van der Waals surface area contributed by atoms with Gasteiger partial charge in [-0.2, -0.15) is 13.2 Å². The van der Waals surface area contributed by atoms with Crippen molar-refractivity contribution >= 4 is 28.5 Å². The van der Waals surface area contributed by atoms with Gasteiger partial charge in [0.05, 0.1) is 11.1 Å². The third kappa shape index (κ3) is 4.57. The molecule has 1 aliphatic heterocycles. The van der Waals surface area contributed by atoms with Gasteiger partial charge >= 0.3 is 12.1 Å². The fourth-order valence-corrected chi connectivity index (χ4v) is 4.61. The van der Waals surface area contributed by atoms with Gasteiger partial charge in [0.2, 0.25) is 12.1 Å². The molecule has 0 fully saturated rings. The van der Waals surface area contributed by atoms with Gasteiger partial charge < -0.3 is 14.5 Å². The number of anilines is 1. The van der Waals surface area contributed by atoms with Crippen LogP contribution in [-0.2, 0) is 17.3 Å². The molecule has 0 saturated carbocycles. The lowest BCUT2D eigenvalue weighted by Gasteiger charge is -2.14. The highest BCUT2D eigenvalue weighted by Gasteiger charge is 2.35. The highest BCUT2D eigenvalue weighted by Crippen LogP contribution is 2.35. The quantitative estimate of drug-likeness (QED) is 0.259. The molecule has 3 heterocycles. The van der Waals surface area contributed by atoms with Crippen LogP contribution in [0.2, 0.25) is 0 Å². The molecule has 1 aliphatic rings. The number of cyclic esters (lactones) is 1. The number of aromatic nitrogens is 4. The molecule has 0 radical (unpaired) electrons. The molecule has 1 N–H and O–H groups in total. The first-order valence-corrected chi connectivity index (χ1v) is 12.4. The number of fused-ring (bicyclic) bond motifs is 2.